The molecule has 0 spiro atoms. The molecular weight excluding hydrogens is 240 g/mol. The van der Waals surface area contributed by atoms with E-state index >= 15 is 0 Å². The van der Waals surface area contributed by atoms with E-state index in [0.717, 1.165) is 5.92 Å². The third-order valence-electron chi connectivity index (χ3n) is 4.10. The van der Waals surface area contributed by atoms with Crippen LogP contribution in [0.25, 0.3) is 11.1 Å². The highest BCUT2D eigenvalue weighted by atomic mass is 14.1. The summed E-state index contributed by atoms with van der Waals surface area (Å²) < 4.78 is 0. The van der Waals surface area contributed by atoms with Crippen LogP contribution in [0.15, 0.2) is 54.6 Å². The fourth-order valence-electron chi connectivity index (χ4n) is 2.79. The van der Waals surface area contributed by atoms with Crippen LogP contribution >= 0.6 is 0 Å². The van der Waals surface area contributed by atoms with Gasteiger partial charge in [-0.2, -0.15) is 0 Å². The second-order valence-corrected chi connectivity index (χ2v) is 5.69. The summed E-state index contributed by atoms with van der Waals surface area (Å²) in [6.07, 6.45) is 6.53. The van der Waals surface area contributed by atoms with Gasteiger partial charge in [0.2, 0.25) is 0 Å². The third-order valence-corrected chi connectivity index (χ3v) is 4.10. The van der Waals surface area contributed by atoms with Crippen LogP contribution in [0, 0.1) is 5.92 Å². The first-order chi connectivity index (χ1) is 9.83. The van der Waals surface area contributed by atoms with Crippen molar-refractivity contribution in [3.8, 4) is 11.1 Å². The minimum absolute atomic E-state index is 0.834. The fourth-order valence-corrected chi connectivity index (χ4v) is 2.79. The molecule has 0 heteroatoms. The van der Waals surface area contributed by atoms with Crippen LogP contribution in [0.4, 0.5) is 0 Å². The van der Waals surface area contributed by atoms with Gasteiger partial charge in [-0.15, -0.1) is 0 Å². The van der Waals surface area contributed by atoms with Crippen molar-refractivity contribution < 1.29 is 0 Å². The molecule has 0 heterocycles. The van der Waals surface area contributed by atoms with Gasteiger partial charge in [-0.25, -0.2) is 0 Å². The molecule has 0 saturated carbocycles. The number of benzene rings is 2. The molecule has 1 unspecified atom stereocenters. The Bertz CT molecular complexity index is 498. The van der Waals surface area contributed by atoms with Crippen molar-refractivity contribution in [2.45, 2.75) is 46.0 Å². The van der Waals surface area contributed by atoms with Crippen LogP contribution in [-0.4, -0.2) is 0 Å². The molecule has 2 aromatic carbocycles. The maximum absolute atomic E-state index is 2.37. The van der Waals surface area contributed by atoms with Crippen molar-refractivity contribution >= 4 is 0 Å². The first-order valence-corrected chi connectivity index (χ1v) is 7.97. The number of unbranched alkanes of at least 4 members (excludes halogenated alkanes) is 1. The number of hydrogen-bond acceptors (Lipinski definition) is 0. The summed E-state index contributed by atoms with van der Waals surface area (Å²) in [7, 11) is 0. The quantitative estimate of drug-likeness (QED) is 0.567. The molecule has 1 atom stereocenters. The summed E-state index contributed by atoms with van der Waals surface area (Å²) in [6.45, 7) is 4.60. The average molecular weight is 266 g/mol. The van der Waals surface area contributed by atoms with Gasteiger partial charge in [0.15, 0.2) is 0 Å². The van der Waals surface area contributed by atoms with Crippen molar-refractivity contribution in [2.24, 2.45) is 5.92 Å². The molecule has 2 rings (SSSR count). The van der Waals surface area contributed by atoms with E-state index in [4.69, 9.17) is 0 Å². The van der Waals surface area contributed by atoms with Crippen LogP contribution in [-0.2, 0) is 6.42 Å². The first kappa shape index (κ1) is 14.8. The SMILES string of the molecule is CCCCC(CC)Cc1cccc(-c2ccccc2)c1. The summed E-state index contributed by atoms with van der Waals surface area (Å²) in [6, 6.07) is 19.7. The van der Waals surface area contributed by atoms with E-state index in [2.05, 4.69) is 68.4 Å². The Morgan fingerprint density at radius 3 is 2.30 bits per heavy atom. The van der Waals surface area contributed by atoms with Crippen molar-refractivity contribution in [1.29, 1.82) is 0 Å². The third kappa shape index (κ3) is 4.23. The van der Waals surface area contributed by atoms with Crippen LogP contribution < -0.4 is 0 Å². The van der Waals surface area contributed by atoms with Crippen LogP contribution in [0.5, 0.6) is 0 Å². The predicted octanol–water partition coefficient (Wildman–Crippen LogP) is 6.11. The molecular formula is C20H26. The van der Waals surface area contributed by atoms with Gasteiger partial charge in [-0.05, 0) is 29.0 Å². The van der Waals surface area contributed by atoms with E-state index < -0.39 is 0 Å². The fraction of sp³-hybridized carbons (Fsp3) is 0.400. The maximum atomic E-state index is 2.37. The molecule has 0 fully saturated rings. The summed E-state index contributed by atoms with van der Waals surface area (Å²) in [5.41, 5.74) is 4.14. The number of rotatable bonds is 7. The topological polar surface area (TPSA) is 0 Å². The molecule has 0 aromatic heterocycles. The van der Waals surface area contributed by atoms with Crippen molar-refractivity contribution in [2.75, 3.05) is 0 Å². The van der Waals surface area contributed by atoms with Crippen molar-refractivity contribution in [3.05, 3.63) is 60.2 Å². The van der Waals surface area contributed by atoms with Crippen molar-refractivity contribution in [3.63, 3.8) is 0 Å². The summed E-state index contributed by atoms with van der Waals surface area (Å²) in [5.74, 6) is 0.834. The Morgan fingerprint density at radius 1 is 0.850 bits per heavy atom. The standard InChI is InChI=1S/C20H26/c1-3-5-10-17(4-2)15-18-11-9-14-20(16-18)19-12-7-6-8-13-19/h6-9,11-14,16-17H,3-5,10,15H2,1-2H3. The average Bonchev–Trinajstić information content (AvgIpc) is 2.52. The van der Waals surface area contributed by atoms with Gasteiger partial charge in [0.1, 0.15) is 0 Å². The Morgan fingerprint density at radius 2 is 1.60 bits per heavy atom. The van der Waals surface area contributed by atoms with E-state index in [-0.39, 0.29) is 0 Å². The van der Waals surface area contributed by atoms with E-state index in [1.807, 2.05) is 0 Å². The van der Waals surface area contributed by atoms with Crippen molar-refractivity contribution in [1.82, 2.24) is 0 Å². The van der Waals surface area contributed by atoms with E-state index in [1.165, 1.54) is 48.8 Å². The van der Waals surface area contributed by atoms with Gasteiger partial charge in [-0.3, -0.25) is 0 Å². The zero-order valence-electron chi connectivity index (χ0n) is 12.8. The predicted molar refractivity (Wildman–Crippen MR) is 88.9 cm³/mol. The minimum atomic E-state index is 0.834. The lowest BCUT2D eigenvalue weighted by Crippen LogP contribution is -2.03. The summed E-state index contributed by atoms with van der Waals surface area (Å²) in [5, 5.41) is 0. The Balaban J connectivity index is 2.09. The Labute approximate surface area is 123 Å². The molecule has 0 amide bonds. The molecule has 106 valence electrons. The minimum Gasteiger partial charge on any atom is -0.0654 e. The number of hydrogen-bond donors (Lipinski definition) is 0. The summed E-state index contributed by atoms with van der Waals surface area (Å²) >= 11 is 0. The second-order valence-electron chi connectivity index (χ2n) is 5.69. The van der Waals surface area contributed by atoms with E-state index in [9.17, 15) is 0 Å². The molecule has 0 nitrogen and oxygen atoms in total. The van der Waals surface area contributed by atoms with Gasteiger partial charge >= 0.3 is 0 Å². The van der Waals surface area contributed by atoms with Gasteiger partial charge in [0.05, 0.1) is 0 Å². The molecule has 0 aliphatic carbocycles. The molecule has 0 saturated heterocycles. The highest BCUT2D eigenvalue weighted by molar-refractivity contribution is 5.63. The van der Waals surface area contributed by atoms with Crippen LogP contribution in [0.3, 0.4) is 0 Å². The van der Waals surface area contributed by atoms with E-state index in [1.54, 1.807) is 0 Å². The lowest BCUT2D eigenvalue weighted by Gasteiger charge is -2.15. The molecule has 0 bridgehead atoms. The highest BCUT2D eigenvalue weighted by Gasteiger charge is 2.07. The van der Waals surface area contributed by atoms with Gasteiger partial charge < -0.3 is 0 Å². The summed E-state index contributed by atoms with van der Waals surface area (Å²) in [4.78, 5) is 0. The monoisotopic (exact) mass is 266 g/mol. The second kappa shape index (κ2) is 7.89. The molecule has 20 heavy (non-hydrogen) atoms. The molecule has 0 aliphatic heterocycles. The largest absolute Gasteiger partial charge is 0.0654 e. The van der Waals surface area contributed by atoms with Crippen LogP contribution in [0.1, 0.15) is 45.1 Å². The van der Waals surface area contributed by atoms with Gasteiger partial charge in [0.25, 0.3) is 0 Å². The zero-order valence-corrected chi connectivity index (χ0v) is 12.8. The zero-order chi connectivity index (χ0) is 14.2. The highest BCUT2D eigenvalue weighted by Crippen LogP contribution is 2.23. The van der Waals surface area contributed by atoms with E-state index in [0.29, 0.717) is 0 Å². The molecule has 0 radical (unpaired) electrons. The Kier molecular flexibility index (Phi) is 5.86. The molecule has 0 aliphatic rings. The lowest BCUT2D eigenvalue weighted by atomic mass is 9.91. The van der Waals surface area contributed by atoms with Gasteiger partial charge in [0, 0.05) is 0 Å². The smallest absolute Gasteiger partial charge is 0.0181 e. The van der Waals surface area contributed by atoms with Crippen LogP contribution in [0.2, 0.25) is 0 Å². The first-order valence-electron chi connectivity index (χ1n) is 7.97. The lowest BCUT2D eigenvalue weighted by molar-refractivity contribution is 0.449. The maximum Gasteiger partial charge on any atom is -0.0181 e. The molecule has 0 N–H and O–H groups in total. The molecule has 2 aromatic rings. The normalized spacial score (nSPS) is 12.3. The Hall–Kier alpha value is -1.56. The van der Waals surface area contributed by atoms with Gasteiger partial charge in [-0.1, -0.05) is 94.1 Å².